The van der Waals surface area contributed by atoms with Crippen LogP contribution >= 0.6 is 23.4 Å². The van der Waals surface area contributed by atoms with Crippen molar-refractivity contribution in [3.05, 3.63) is 124 Å². The second-order valence-electron chi connectivity index (χ2n) is 14.7. The molecule has 0 bridgehead atoms. The van der Waals surface area contributed by atoms with Crippen molar-refractivity contribution in [2.75, 3.05) is 87.3 Å². The van der Waals surface area contributed by atoms with Crippen LogP contribution < -0.4 is 14.9 Å². The monoisotopic (exact) mass is 842 g/mol. The maximum absolute atomic E-state index is 13.7. The van der Waals surface area contributed by atoms with Crippen molar-refractivity contribution in [1.82, 2.24) is 19.8 Å². The van der Waals surface area contributed by atoms with Crippen LogP contribution in [0.5, 0.6) is 0 Å². The van der Waals surface area contributed by atoms with Crippen molar-refractivity contribution >= 4 is 72.7 Å². The molecule has 2 N–H and O–H groups in total. The van der Waals surface area contributed by atoms with Crippen LogP contribution in [0.25, 0.3) is 16.5 Å². The van der Waals surface area contributed by atoms with Gasteiger partial charge in [0.15, 0.2) is 5.82 Å². The van der Waals surface area contributed by atoms with Crippen LogP contribution in [0, 0.1) is 10.1 Å². The Kier molecular flexibility index (Phi) is 13.5. The van der Waals surface area contributed by atoms with E-state index in [1.807, 2.05) is 74.8 Å². The van der Waals surface area contributed by atoms with E-state index < -0.39 is 14.9 Å². The van der Waals surface area contributed by atoms with Gasteiger partial charge < -0.3 is 19.9 Å². The topological polar surface area (TPSA) is 146 Å². The minimum atomic E-state index is -4.26. The molecular weight excluding hydrogens is 796 g/mol. The maximum atomic E-state index is 13.7. The van der Waals surface area contributed by atoms with Gasteiger partial charge in [-0.1, -0.05) is 41.9 Å². The first-order chi connectivity index (χ1) is 28.0. The highest BCUT2D eigenvalue weighted by Gasteiger charge is 2.26. The fraction of sp³-hybridized carbons (Fsp3) is 0.333. The van der Waals surface area contributed by atoms with Gasteiger partial charge in [0.1, 0.15) is 12.0 Å². The Labute approximate surface area is 348 Å². The molecule has 1 aromatic heterocycles. The van der Waals surface area contributed by atoms with Crippen LogP contribution in [0.4, 0.5) is 22.9 Å². The molecule has 0 amide bonds. The van der Waals surface area contributed by atoms with Crippen molar-refractivity contribution in [3.63, 3.8) is 0 Å². The summed E-state index contributed by atoms with van der Waals surface area (Å²) >= 11 is 7.80. The quantitative estimate of drug-likeness (QED) is 0.0576. The van der Waals surface area contributed by atoms with Crippen LogP contribution in [-0.4, -0.2) is 111 Å². The molecule has 1 saturated heterocycles. The van der Waals surface area contributed by atoms with Crippen molar-refractivity contribution in [1.29, 1.82) is 0 Å². The molecule has 2 aliphatic heterocycles. The molecule has 1 atom stereocenters. The van der Waals surface area contributed by atoms with Gasteiger partial charge in [0.25, 0.3) is 15.7 Å². The zero-order valence-electron chi connectivity index (χ0n) is 32.5. The normalized spacial score (nSPS) is 15.8. The zero-order valence-corrected chi connectivity index (χ0v) is 34.9. The molecule has 4 aromatic carbocycles. The predicted molar refractivity (Wildman–Crippen MR) is 234 cm³/mol. The number of nitro groups is 1. The lowest BCUT2D eigenvalue weighted by Gasteiger charge is -2.37. The summed E-state index contributed by atoms with van der Waals surface area (Å²) in [5.41, 5.74) is 5.32. The van der Waals surface area contributed by atoms with E-state index in [-0.39, 0.29) is 28.1 Å². The summed E-state index contributed by atoms with van der Waals surface area (Å²) in [6.45, 7) is 6.31. The second-order valence-corrected chi connectivity index (χ2v) is 17.9. The molecule has 58 heavy (non-hydrogen) atoms. The molecule has 3 heterocycles. The average Bonchev–Trinajstić information content (AvgIpc) is 3.23. The highest BCUT2D eigenvalue weighted by atomic mass is 35.5. The van der Waals surface area contributed by atoms with Gasteiger partial charge in [-0.2, -0.15) is 0 Å². The Bertz CT molecular complexity index is 2360. The van der Waals surface area contributed by atoms with Gasteiger partial charge in [-0.25, -0.2) is 18.4 Å². The van der Waals surface area contributed by atoms with Gasteiger partial charge in [-0.3, -0.25) is 19.7 Å². The highest BCUT2D eigenvalue weighted by Crippen LogP contribution is 2.33. The van der Waals surface area contributed by atoms with E-state index in [1.54, 1.807) is 11.8 Å². The highest BCUT2D eigenvalue weighted by molar-refractivity contribution is 7.99. The molecule has 0 saturated carbocycles. The summed E-state index contributed by atoms with van der Waals surface area (Å²) in [4.78, 5) is 28.1. The predicted octanol–water partition coefficient (Wildman–Crippen LogP) is 7.51. The van der Waals surface area contributed by atoms with Gasteiger partial charge in [0.05, 0.1) is 28.5 Å². The molecular formula is C42H47ClN8O5S2. The lowest BCUT2D eigenvalue weighted by atomic mass is 9.95. The fourth-order valence-electron chi connectivity index (χ4n) is 7.21. The van der Waals surface area contributed by atoms with Gasteiger partial charge >= 0.3 is 0 Å². The molecule has 2 aliphatic rings. The van der Waals surface area contributed by atoms with Gasteiger partial charge in [0, 0.05) is 71.6 Å². The number of halogens is 1. The molecule has 0 spiro atoms. The number of hydrogen-bond donors (Lipinski definition) is 2. The fourth-order valence-corrected chi connectivity index (χ4v) is 9.38. The van der Waals surface area contributed by atoms with Crippen LogP contribution in [-0.2, 0) is 14.8 Å². The number of fused-ring (bicyclic) bond motifs is 1. The maximum Gasteiger partial charge on any atom is 0.293 e. The Morgan fingerprint density at radius 1 is 0.983 bits per heavy atom. The van der Waals surface area contributed by atoms with E-state index in [0.29, 0.717) is 29.9 Å². The summed E-state index contributed by atoms with van der Waals surface area (Å²) in [6.07, 6.45) is 2.92. The second kappa shape index (κ2) is 18.9. The van der Waals surface area contributed by atoms with Crippen molar-refractivity contribution in [2.45, 2.75) is 28.7 Å². The van der Waals surface area contributed by atoms with Crippen LogP contribution in [0.15, 0.2) is 113 Å². The number of nitro benzene ring substituents is 1. The molecule has 304 valence electrons. The summed E-state index contributed by atoms with van der Waals surface area (Å²) in [7, 11) is -0.311. The van der Waals surface area contributed by atoms with E-state index in [4.69, 9.17) is 16.3 Å². The number of nitrogens with one attached hydrogen (secondary N) is 2. The first kappa shape index (κ1) is 41.4. The minimum absolute atomic E-state index is 0.0902. The van der Waals surface area contributed by atoms with Crippen molar-refractivity contribution < 1.29 is 18.1 Å². The average molecular weight is 843 g/mol. The largest absolute Gasteiger partial charge is 0.377 e. The molecule has 0 radical (unpaired) electrons. The Balaban J connectivity index is 1.02. The molecule has 1 unspecified atom stereocenters. The SMILES string of the molecule is CN(C)CCC(CSc1ccccc1)Nc1ccc(S(=O)(=O)Nc2ncnc3cc(N4CCN(CC5=C(c6ccc(Cl)cc6)CCOC5)CC4)ccc23)cc1[N+](=O)[O-]. The van der Waals surface area contributed by atoms with Gasteiger partial charge in [-0.05, 0) is 105 Å². The van der Waals surface area contributed by atoms with Crippen LogP contribution in [0.3, 0.4) is 0 Å². The smallest absolute Gasteiger partial charge is 0.293 e. The van der Waals surface area contributed by atoms with E-state index in [1.165, 1.54) is 35.2 Å². The summed E-state index contributed by atoms with van der Waals surface area (Å²) in [5.74, 6) is 0.753. The van der Waals surface area contributed by atoms with Gasteiger partial charge in [-0.15, -0.1) is 11.8 Å². The summed E-state index contributed by atoms with van der Waals surface area (Å²) in [5, 5.41) is 16.9. The number of sulfonamides is 1. The van der Waals surface area contributed by atoms with Crippen LogP contribution in [0.2, 0.25) is 5.02 Å². The summed E-state index contributed by atoms with van der Waals surface area (Å²) in [6, 6.07) is 27.5. The summed E-state index contributed by atoms with van der Waals surface area (Å²) < 4.78 is 35.9. The minimum Gasteiger partial charge on any atom is -0.377 e. The first-order valence-corrected chi connectivity index (χ1v) is 22.0. The standard InChI is InChI=1S/C42H47ClN8O5S2/c1-48(2)18-16-33(28-57-35-6-4-3-5-7-35)46-39-15-13-36(25-41(39)51(52)53)58(54,55)47-42-38-14-12-34(24-40(38)44-29-45-42)50-21-19-49(20-22-50)26-31-27-56-23-17-37(31)30-8-10-32(43)11-9-30/h3-15,24-25,29,33,46H,16-23,26-28H2,1-2H3,(H,44,45,47). The Morgan fingerprint density at radius 3 is 2.50 bits per heavy atom. The van der Waals surface area contributed by atoms with Crippen molar-refractivity contribution in [3.8, 4) is 0 Å². The molecule has 0 aliphatic carbocycles. The number of ether oxygens (including phenoxy) is 1. The van der Waals surface area contributed by atoms with Crippen LogP contribution in [0.1, 0.15) is 18.4 Å². The van der Waals surface area contributed by atoms with E-state index >= 15 is 0 Å². The number of nitrogens with zero attached hydrogens (tertiary/aromatic N) is 6. The molecule has 7 rings (SSSR count). The number of thioether (sulfide) groups is 1. The third-order valence-electron chi connectivity index (χ3n) is 10.4. The Hall–Kier alpha value is -4.77. The number of aromatic nitrogens is 2. The molecule has 13 nitrogen and oxygen atoms in total. The number of hydrogen-bond acceptors (Lipinski definition) is 12. The number of anilines is 3. The lowest BCUT2D eigenvalue weighted by Crippen LogP contribution is -2.47. The van der Waals surface area contributed by atoms with Crippen molar-refractivity contribution in [2.24, 2.45) is 0 Å². The number of benzene rings is 4. The number of rotatable bonds is 16. The Morgan fingerprint density at radius 2 is 1.76 bits per heavy atom. The zero-order chi connectivity index (χ0) is 40.6. The lowest BCUT2D eigenvalue weighted by molar-refractivity contribution is -0.384. The van der Waals surface area contributed by atoms with E-state index in [9.17, 15) is 18.5 Å². The molecule has 1 fully saturated rings. The molecule has 5 aromatic rings. The third-order valence-corrected chi connectivity index (χ3v) is 13.1. The molecule has 16 heteroatoms. The van der Waals surface area contributed by atoms with Gasteiger partial charge in [0.2, 0.25) is 0 Å². The third kappa shape index (κ3) is 10.4. The first-order valence-electron chi connectivity index (χ1n) is 19.2. The van der Waals surface area contributed by atoms with E-state index in [2.05, 4.69) is 46.8 Å². The van der Waals surface area contributed by atoms with E-state index in [0.717, 1.165) is 73.8 Å². The number of piperazine rings is 1.